The van der Waals surface area contributed by atoms with Gasteiger partial charge in [0.05, 0.1) is 6.61 Å². The van der Waals surface area contributed by atoms with E-state index in [0.29, 0.717) is 45.7 Å². The number of carbonyl (C=O) groups is 2. The van der Waals surface area contributed by atoms with Crippen molar-refractivity contribution in [3.8, 4) is 0 Å². The standard InChI is InChI=1S/C12H19N3O3/c13-12(3-6-18-8-12)11(17)14-4-5-15-9(7-14)1-2-10(15)16/h9H,1-8,13H2. The zero-order valence-electron chi connectivity index (χ0n) is 10.4. The number of amides is 2. The number of rotatable bonds is 1. The topological polar surface area (TPSA) is 75.9 Å². The number of ether oxygens (including phenoxy) is 1. The van der Waals surface area contributed by atoms with Crippen LogP contribution in [0.25, 0.3) is 0 Å². The van der Waals surface area contributed by atoms with Gasteiger partial charge < -0.3 is 20.3 Å². The van der Waals surface area contributed by atoms with E-state index in [1.807, 2.05) is 9.80 Å². The Morgan fingerprint density at radius 1 is 1.44 bits per heavy atom. The van der Waals surface area contributed by atoms with E-state index in [2.05, 4.69) is 0 Å². The third-order valence-electron chi connectivity index (χ3n) is 4.26. The molecule has 6 nitrogen and oxygen atoms in total. The highest BCUT2D eigenvalue weighted by Crippen LogP contribution is 2.25. The second kappa shape index (κ2) is 4.20. The molecule has 0 aromatic carbocycles. The summed E-state index contributed by atoms with van der Waals surface area (Å²) in [4.78, 5) is 27.7. The Bertz CT molecular complexity index is 379. The number of fused-ring (bicyclic) bond motifs is 1. The van der Waals surface area contributed by atoms with Gasteiger partial charge in [0, 0.05) is 38.7 Å². The van der Waals surface area contributed by atoms with Gasteiger partial charge in [0.1, 0.15) is 5.54 Å². The van der Waals surface area contributed by atoms with Gasteiger partial charge in [-0.25, -0.2) is 0 Å². The fraction of sp³-hybridized carbons (Fsp3) is 0.833. The van der Waals surface area contributed by atoms with Crippen molar-refractivity contribution in [3.63, 3.8) is 0 Å². The monoisotopic (exact) mass is 253 g/mol. The third kappa shape index (κ3) is 1.80. The van der Waals surface area contributed by atoms with Gasteiger partial charge in [0.15, 0.2) is 0 Å². The Labute approximate surface area is 106 Å². The second-order valence-electron chi connectivity index (χ2n) is 5.49. The molecule has 3 saturated heterocycles. The van der Waals surface area contributed by atoms with E-state index in [0.717, 1.165) is 6.42 Å². The molecule has 18 heavy (non-hydrogen) atoms. The zero-order chi connectivity index (χ0) is 12.8. The highest BCUT2D eigenvalue weighted by molar-refractivity contribution is 5.87. The maximum Gasteiger partial charge on any atom is 0.245 e. The summed E-state index contributed by atoms with van der Waals surface area (Å²) in [6.45, 7) is 2.75. The van der Waals surface area contributed by atoms with Crippen molar-refractivity contribution in [2.45, 2.75) is 30.8 Å². The summed E-state index contributed by atoms with van der Waals surface area (Å²) in [6.07, 6.45) is 2.07. The van der Waals surface area contributed by atoms with Crippen LogP contribution in [0.4, 0.5) is 0 Å². The van der Waals surface area contributed by atoms with Crippen LogP contribution in [-0.4, -0.2) is 66.0 Å². The van der Waals surface area contributed by atoms with E-state index in [1.165, 1.54) is 0 Å². The molecule has 0 aliphatic carbocycles. The Balaban J connectivity index is 1.68. The first kappa shape index (κ1) is 11.9. The molecule has 100 valence electrons. The Morgan fingerprint density at radius 3 is 3.00 bits per heavy atom. The van der Waals surface area contributed by atoms with Crippen LogP contribution in [0.2, 0.25) is 0 Å². The van der Waals surface area contributed by atoms with Crippen LogP contribution in [0.1, 0.15) is 19.3 Å². The fourth-order valence-electron chi connectivity index (χ4n) is 3.11. The van der Waals surface area contributed by atoms with Gasteiger partial charge in [-0.2, -0.15) is 0 Å². The molecular weight excluding hydrogens is 234 g/mol. The summed E-state index contributed by atoms with van der Waals surface area (Å²) in [5, 5.41) is 0. The smallest absolute Gasteiger partial charge is 0.245 e. The first-order valence-corrected chi connectivity index (χ1v) is 6.56. The molecule has 0 spiro atoms. The van der Waals surface area contributed by atoms with Gasteiger partial charge in [-0.3, -0.25) is 9.59 Å². The quantitative estimate of drug-likeness (QED) is 0.646. The van der Waals surface area contributed by atoms with Crippen LogP contribution in [0.3, 0.4) is 0 Å². The van der Waals surface area contributed by atoms with Crippen LogP contribution in [0, 0.1) is 0 Å². The van der Waals surface area contributed by atoms with Gasteiger partial charge in [0.25, 0.3) is 0 Å². The molecular formula is C12H19N3O3. The van der Waals surface area contributed by atoms with Crippen molar-refractivity contribution in [3.05, 3.63) is 0 Å². The first-order valence-electron chi connectivity index (χ1n) is 6.56. The highest BCUT2D eigenvalue weighted by atomic mass is 16.5. The van der Waals surface area contributed by atoms with Crippen molar-refractivity contribution in [1.29, 1.82) is 0 Å². The predicted octanol–water partition coefficient (Wildman–Crippen LogP) is -1.06. The molecule has 0 saturated carbocycles. The zero-order valence-corrected chi connectivity index (χ0v) is 10.4. The lowest BCUT2D eigenvalue weighted by molar-refractivity contribution is -0.143. The van der Waals surface area contributed by atoms with Crippen LogP contribution in [-0.2, 0) is 14.3 Å². The predicted molar refractivity (Wildman–Crippen MR) is 63.7 cm³/mol. The molecule has 3 rings (SSSR count). The molecule has 2 unspecified atom stereocenters. The van der Waals surface area contributed by atoms with Gasteiger partial charge in [-0.05, 0) is 12.8 Å². The first-order chi connectivity index (χ1) is 8.60. The van der Waals surface area contributed by atoms with E-state index in [4.69, 9.17) is 10.5 Å². The van der Waals surface area contributed by atoms with Crippen molar-refractivity contribution >= 4 is 11.8 Å². The SMILES string of the molecule is NC1(C(=O)N2CCN3C(=O)CCC3C2)CCOC1. The largest absolute Gasteiger partial charge is 0.379 e. The summed E-state index contributed by atoms with van der Waals surface area (Å²) in [5.41, 5.74) is 5.26. The minimum absolute atomic E-state index is 0.0148. The molecule has 3 fully saturated rings. The van der Waals surface area contributed by atoms with Gasteiger partial charge in [-0.15, -0.1) is 0 Å². The number of carbonyl (C=O) groups excluding carboxylic acids is 2. The third-order valence-corrected chi connectivity index (χ3v) is 4.26. The van der Waals surface area contributed by atoms with Crippen LogP contribution in [0.15, 0.2) is 0 Å². The van der Waals surface area contributed by atoms with Crippen molar-refractivity contribution in [2.75, 3.05) is 32.8 Å². The number of hydrogen-bond donors (Lipinski definition) is 1. The molecule has 2 amide bonds. The van der Waals surface area contributed by atoms with E-state index in [1.54, 1.807) is 0 Å². The minimum Gasteiger partial charge on any atom is -0.379 e. The highest BCUT2D eigenvalue weighted by Gasteiger charge is 2.44. The summed E-state index contributed by atoms with van der Waals surface area (Å²) in [5.74, 6) is 0.206. The maximum absolute atomic E-state index is 12.4. The van der Waals surface area contributed by atoms with Crippen molar-refractivity contribution in [1.82, 2.24) is 9.80 Å². The van der Waals surface area contributed by atoms with Gasteiger partial charge in [-0.1, -0.05) is 0 Å². The average Bonchev–Trinajstić information content (AvgIpc) is 2.96. The van der Waals surface area contributed by atoms with Crippen molar-refractivity contribution in [2.24, 2.45) is 5.73 Å². The maximum atomic E-state index is 12.4. The van der Waals surface area contributed by atoms with E-state index in [9.17, 15) is 9.59 Å². The summed E-state index contributed by atoms with van der Waals surface area (Å²) < 4.78 is 5.24. The van der Waals surface area contributed by atoms with Crippen molar-refractivity contribution < 1.29 is 14.3 Å². The Kier molecular flexibility index (Phi) is 2.79. The van der Waals surface area contributed by atoms with Crippen LogP contribution in [0.5, 0.6) is 0 Å². The van der Waals surface area contributed by atoms with E-state index in [-0.39, 0.29) is 17.9 Å². The minimum atomic E-state index is -0.842. The van der Waals surface area contributed by atoms with E-state index >= 15 is 0 Å². The normalized spacial score (nSPS) is 36.1. The Morgan fingerprint density at radius 2 is 2.28 bits per heavy atom. The molecule has 2 atom stereocenters. The van der Waals surface area contributed by atoms with Crippen LogP contribution < -0.4 is 5.73 Å². The lowest BCUT2D eigenvalue weighted by Crippen LogP contribution is -2.61. The number of hydrogen-bond acceptors (Lipinski definition) is 4. The lowest BCUT2D eigenvalue weighted by Gasteiger charge is -2.40. The van der Waals surface area contributed by atoms with Crippen LogP contribution >= 0.6 is 0 Å². The number of nitrogens with zero attached hydrogens (tertiary/aromatic N) is 2. The van der Waals surface area contributed by atoms with Gasteiger partial charge >= 0.3 is 0 Å². The number of nitrogens with two attached hydrogens (primary N) is 1. The van der Waals surface area contributed by atoms with Gasteiger partial charge in [0.2, 0.25) is 11.8 Å². The molecule has 0 aromatic heterocycles. The summed E-state index contributed by atoms with van der Waals surface area (Å²) in [7, 11) is 0. The molecule has 3 aliphatic heterocycles. The molecule has 3 aliphatic rings. The lowest BCUT2D eigenvalue weighted by atomic mass is 9.97. The molecule has 2 N–H and O–H groups in total. The average molecular weight is 253 g/mol. The molecule has 0 aromatic rings. The molecule has 3 heterocycles. The molecule has 0 bridgehead atoms. The summed E-state index contributed by atoms with van der Waals surface area (Å²) >= 11 is 0. The fourth-order valence-corrected chi connectivity index (χ4v) is 3.11. The Hall–Kier alpha value is -1.14. The second-order valence-corrected chi connectivity index (χ2v) is 5.49. The molecule has 6 heteroatoms. The summed E-state index contributed by atoms with van der Waals surface area (Å²) in [6, 6.07) is 0.195. The molecule has 0 radical (unpaired) electrons. The van der Waals surface area contributed by atoms with E-state index < -0.39 is 5.54 Å². The number of piperazine rings is 1.